The number of nitrogen functional groups attached to an aromatic ring is 1. The summed E-state index contributed by atoms with van der Waals surface area (Å²) >= 11 is 0. The number of rotatable bonds is 2. The van der Waals surface area contributed by atoms with Crippen LogP contribution in [0, 0.1) is 5.82 Å². The van der Waals surface area contributed by atoms with E-state index in [1.807, 2.05) is 0 Å². The fourth-order valence-corrected chi connectivity index (χ4v) is 0.965. The molecule has 1 aromatic carbocycles. The van der Waals surface area contributed by atoms with Gasteiger partial charge >= 0.3 is 5.97 Å². The van der Waals surface area contributed by atoms with Crippen molar-refractivity contribution in [3.8, 4) is 5.75 Å². The largest absolute Gasteiger partial charge is 0.496 e. The van der Waals surface area contributed by atoms with Crippen molar-refractivity contribution in [3.63, 3.8) is 0 Å². The van der Waals surface area contributed by atoms with Gasteiger partial charge in [-0.3, -0.25) is 0 Å². The van der Waals surface area contributed by atoms with Gasteiger partial charge in [0.15, 0.2) is 0 Å². The van der Waals surface area contributed by atoms with Gasteiger partial charge in [-0.1, -0.05) is 0 Å². The molecular formula is C8H8FNO3. The number of carboxylic acid groups (broad SMARTS) is 1. The molecule has 0 bridgehead atoms. The van der Waals surface area contributed by atoms with E-state index in [2.05, 4.69) is 0 Å². The van der Waals surface area contributed by atoms with Crippen molar-refractivity contribution in [2.75, 3.05) is 12.8 Å². The van der Waals surface area contributed by atoms with Gasteiger partial charge in [0.2, 0.25) is 0 Å². The van der Waals surface area contributed by atoms with Gasteiger partial charge in [-0.15, -0.1) is 0 Å². The number of methoxy groups -OCH3 is 1. The Morgan fingerprint density at radius 1 is 1.62 bits per heavy atom. The summed E-state index contributed by atoms with van der Waals surface area (Å²) in [4.78, 5) is 10.6. The number of aromatic carboxylic acids is 1. The monoisotopic (exact) mass is 185 g/mol. The van der Waals surface area contributed by atoms with Gasteiger partial charge in [0.05, 0.1) is 12.8 Å². The van der Waals surface area contributed by atoms with Gasteiger partial charge in [-0.05, 0) is 12.1 Å². The molecule has 4 nitrogen and oxygen atoms in total. The first kappa shape index (κ1) is 9.31. The van der Waals surface area contributed by atoms with Crippen molar-refractivity contribution in [2.45, 2.75) is 0 Å². The maximum atomic E-state index is 12.8. The summed E-state index contributed by atoms with van der Waals surface area (Å²) in [6.07, 6.45) is 0. The highest BCUT2D eigenvalue weighted by Gasteiger charge is 2.17. The van der Waals surface area contributed by atoms with Crippen LogP contribution in [0.3, 0.4) is 0 Å². The second-order valence-electron chi connectivity index (χ2n) is 2.34. The Hall–Kier alpha value is -1.78. The number of halogens is 1. The van der Waals surface area contributed by atoms with Crippen LogP contribution in [0.4, 0.5) is 10.1 Å². The van der Waals surface area contributed by atoms with E-state index < -0.39 is 17.5 Å². The molecule has 0 spiro atoms. The highest BCUT2D eigenvalue weighted by molar-refractivity contribution is 5.96. The van der Waals surface area contributed by atoms with Gasteiger partial charge in [-0.25, -0.2) is 9.18 Å². The molecule has 0 aliphatic heterocycles. The predicted octanol–water partition coefficient (Wildman–Crippen LogP) is 1.11. The van der Waals surface area contributed by atoms with Gasteiger partial charge in [0.25, 0.3) is 0 Å². The van der Waals surface area contributed by atoms with Crippen LogP contribution in [-0.4, -0.2) is 18.2 Å². The summed E-state index contributed by atoms with van der Waals surface area (Å²) in [5.41, 5.74) is 4.47. The normalized spacial score (nSPS) is 9.69. The lowest BCUT2D eigenvalue weighted by atomic mass is 10.1. The summed E-state index contributed by atoms with van der Waals surface area (Å²) in [5, 5.41) is 8.68. The lowest BCUT2D eigenvalue weighted by Gasteiger charge is -2.07. The van der Waals surface area contributed by atoms with E-state index in [4.69, 9.17) is 15.6 Å². The fraction of sp³-hybridized carbons (Fsp3) is 0.125. The molecule has 13 heavy (non-hydrogen) atoms. The van der Waals surface area contributed by atoms with E-state index in [9.17, 15) is 9.18 Å². The molecule has 0 amide bonds. The number of benzene rings is 1. The molecule has 0 fully saturated rings. The summed E-state index contributed by atoms with van der Waals surface area (Å²) in [7, 11) is 1.29. The average molecular weight is 185 g/mol. The molecule has 0 heterocycles. The molecule has 70 valence electrons. The van der Waals surface area contributed by atoms with Crippen molar-refractivity contribution < 1.29 is 19.0 Å². The van der Waals surface area contributed by atoms with Crippen LogP contribution >= 0.6 is 0 Å². The number of carboxylic acids is 1. The third kappa shape index (κ3) is 1.53. The Balaban J connectivity index is 3.41. The summed E-state index contributed by atoms with van der Waals surface area (Å²) in [6.45, 7) is 0. The standard InChI is InChI=1S/C8H8FNO3/c1-13-5-3-2-4(9)7(10)6(5)8(11)12/h2-3H,10H2,1H3,(H,11,12). The first-order chi connectivity index (χ1) is 6.07. The third-order valence-corrected chi connectivity index (χ3v) is 1.59. The van der Waals surface area contributed by atoms with E-state index in [-0.39, 0.29) is 11.3 Å². The molecular weight excluding hydrogens is 177 g/mol. The van der Waals surface area contributed by atoms with Crippen LogP contribution in [0.25, 0.3) is 0 Å². The van der Waals surface area contributed by atoms with E-state index in [1.165, 1.54) is 13.2 Å². The molecule has 0 aromatic heterocycles. The van der Waals surface area contributed by atoms with Crippen LogP contribution in [0.1, 0.15) is 10.4 Å². The van der Waals surface area contributed by atoms with Crippen molar-refractivity contribution in [1.29, 1.82) is 0 Å². The van der Waals surface area contributed by atoms with Crippen molar-refractivity contribution in [2.24, 2.45) is 0 Å². The lowest BCUT2D eigenvalue weighted by molar-refractivity contribution is 0.0694. The van der Waals surface area contributed by atoms with Crippen molar-refractivity contribution in [3.05, 3.63) is 23.5 Å². The number of hydrogen-bond donors (Lipinski definition) is 2. The average Bonchev–Trinajstić information content (AvgIpc) is 2.08. The predicted molar refractivity (Wildman–Crippen MR) is 44.3 cm³/mol. The molecule has 0 saturated heterocycles. The van der Waals surface area contributed by atoms with Crippen LogP contribution in [0.15, 0.2) is 12.1 Å². The number of ether oxygens (including phenoxy) is 1. The molecule has 1 aromatic rings. The Bertz CT molecular complexity index is 351. The zero-order chi connectivity index (χ0) is 10.0. The Morgan fingerprint density at radius 2 is 2.23 bits per heavy atom. The SMILES string of the molecule is COc1ccc(F)c(N)c1C(=O)O. The Morgan fingerprint density at radius 3 is 2.69 bits per heavy atom. The summed E-state index contributed by atoms with van der Waals surface area (Å²) < 4.78 is 17.5. The maximum Gasteiger partial charge on any atom is 0.341 e. The highest BCUT2D eigenvalue weighted by Crippen LogP contribution is 2.26. The van der Waals surface area contributed by atoms with E-state index in [0.717, 1.165) is 6.07 Å². The van der Waals surface area contributed by atoms with E-state index in [1.54, 1.807) is 0 Å². The van der Waals surface area contributed by atoms with Crippen molar-refractivity contribution >= 4 is 11.7 Å². The van der Waals surface area contributed by atoms with Crippen molar-refractivity contribution in [1.82, 2.24) is 0 Å². The first-order valence-electron chi connectivity index (χ1n) is 3.43. The van der Waals surface area contributed by atoms with Gasteiger partial charge in [0.1, 0.15) is 17.1 Å². The van der Waals surface area contributed by atoms with Crippen LogP contribution < -0.4 is 10.5 Å². The minimum Gasteiger partial charge on any atom is -0.496 e. The summed E-state index contributed by atoms with van der Waals surface area (Å²) in [6, 6.07) is 2.27. The quantitative estimate of drug-likeness (QED) is 0.677. The summed E-state index contributed by atoms with van der Waals surface area (Å²) in [5.74, 6) is -2.03. The number of nitrogens with two attached hydrogens (primary N) is 1. The molecule has 0 saturated carbocycles. The van der Waals surface area contributed by atoms with Gasteiger partial charge in [0, 0.05) is 0 Å². The van der Waals surface area contributed by atoms with E-state index >= 15 is 0 Å². The van der Waals surface area contributed by atoms with Crippen LogP contribution in [0.2, 0.25) is 0 Å². The molecule has 0 unspecified atom stereocenters. The molecule has 5 heteroatoms. The molecule has 0 aliphatic rings. The van der Waals surface area contributed by atoms with Gasteiger partial charge < -0.3 is 15.6 Å². The molecule has 0 atom stereocenters. The van der Waals surface area contributed by atoms with Crippen LogP contribution in [-0.2, 0) is 0 Å². The number of anilines is 1. The molecule has 3 N–H and O–H groups in total. The second-order valence-corrected chi connectivity index (χ2v) is 2.34. The van der Waals surface area contributed by atoms with Crippen LogP contribution in [0.5, 0.6) is 5.75 Å². The second kappa shape index (κ2) is 3.30. The van der Waals surface area contributed by atoms with E-state index in [0.29, 0.717) is 0 Å². The lowest BCUT2D eigenvalue weighted by Crippen LogP contribution is -2.07. The molecule has 0 aliphatic carbocycles. The number of hydrogen-bond acceptors (Lipinski definition) is 3. The zero-order valence-corrected chi connectivity index (χ0v) is 6.87. The fourth-order valence-electron chi connectivity index (χ4n) is 0.965. The Kier molecular flexibility index (Phi) is 2.36. The molecule has 1 rings (SSSR count). The zero-order valence-electron chi connectivity index (χ0n) is 6.87. The first-order valence-corrected chi connectivity index (χ1v) is 3.43. The highest BCUT2D eigenvalue weighted by atomic mass is 19.1. The third-order valence-electron chi connectivity index (χ3n) is 1.59. The minimum absolute atomic E-state index is 0.0476. The molecule has 0 radical (unpaired) electrons. The smallest absolute Gasteiger partial charge is 0.341 e. The topological polar surface area (TPSA) is 72.5 Å². The minimum atomic E-state index is -1.31. The van der Waals surface area contributed by atoms with Gasteiger partial charge in [-0.2, -0.15) is 0 Å². The Labute approximate surface area is 73.7 Å². The number of carbonyl (C=O) groups is 1. The maximum absolute atomic E-state index is 12.8.